The lowest BCUT2D eigenvalue weighted by atomic mass is 9.83. The number of amides is 2. The number of carbonyl (C=O) groups is 2. The third-order valence-corrected chi connectivity index (χ3v) is 6.76. The average molecular weight is 485 g/mol. The van der Waals surface area contributed by atoms with Crippen molar-refractivity contribution in [2.24, 2.45) is 0 Å². The molecule has 3 aromatic carbocycles. The first-order chi connectivity index (χ1) is 15.4. The average Bonchev–Trinajstić information content (AvgIpc) is 2.75. The van der Waals surface area contributed by atoms with Crippen LogP contribution in [-0.4, -0.2) is 26.5 Å². The monoisotopic (exact) mass is 484 g/mol. The van der Waals surface area contributed by atoms with Crippen molar-refractivity contribution in [3.05, 3.63) is 88.4 Å². The van der Waals surface area contributed by atoms with Crippen molar-refractivity contribution in [2.45, 2.75) is 31.1 Å². The van der Waals surface area contributed by atoms with E-state index in [0.717, 1.165) is 17.4 Å². The van der Waals surface area contributed by atoms with E-state index in [4.69, 9.17) is 11.6 Å². The summed E-state index contributed by atoms with van der Waals surface area (Å²) in [4.78, 5) is 25.6. The zero-order valence-corrected chi connectivity index (χ0v) is 20.3. The van der Waals surface area contributed by atoms with Crippen molar-refractivity contribution in [1.29, 1.82) is 0 Å². The maximum absolute atomic E-state index is 12.9. The van der Waals surface area contributed by atoms with Crippen LogP contribution < -0.4 is 10.6 Å². The third kappa shape index (κ3) is 5.80. The van der Waals surface area contributed by atoms with Crippen LogP contribution in [0.4, 0.5) is 11.4 Å². The van der Waals surface area contributed by atoms with E-state index in [9.17, 15) is 18.0 Å². The van der Waals surface area contributed by atoms with Gasteiger partial charge in [0.2, 0.25) is 5.91 Å². The van der Waals surface area contributed by atoms with Crippen LogP contribution in [0.1, 0.15) is 35.3 Å². The maximum Gasteiger partial charge on any atom is 0.255 e. The minimum absolute atomic E-state index is 0.0514. The van der Waals surface area contributed by atoms with Crippen LogP contribution in [0.15, 0.2) is 71.6 Å². The molecule has 0 aliphatic rings. The van der Waals surface area contributed by atoms with Gasteiger partial charge in [0, 0.05) is 17.5 Å². The minimum atomic E-state index is -3.44. The standard InChI is InChI=1S/C25H25ClN2O4S/c1-16-8-10-18(11-9-16)25(2,3)24(30)27-19-12-13-22(21(26)15-19)28-23(29)17-6-5-7-20(14-17)33(4,31)32/h5-15H,1-4H3,(H,27,30)(H,28,29). The Labute approximate surface area is 198 Å². The van der Waals surface area contributed by atoms with Gasteiger partial charge in [-0.2, -0.15) is 0 Å². The fourth-order valence-electron chi connectivity index (χ4n) is 3.15. The van der Waals surface area contributed by atoms with Gasteiger partial charge < -0.3 is 10.6 Å². The van der Waals surface area contributed by atoms with E-state index in [1.807, 2.05) is 45.0 Å². The smallest absolute Gasteiger partial charge is 0.255 e. The lowest BCUT2D eigenvalue weighted by Gasteiger charge is -2.24. The summed E-state index contributed by atoms with van der Waals surface area (Å²) >= 11 is 6.34. The summed E-state index contributed by atoms with van der Waals surface area (Å²) in [5.74, 6) is -0.698. The Hall–Kier alpha value is -3.16. The first-order valence-corrected chi connectivity index (χ1v) is 12.4. The summed E-state index contributed by atoms with van der Waals surface area (Å²) in [7, 11) is -3.44. The van der Waals surface area contributed by atoms with Crippen molar-refractivity contribution in [2.75, 3.05) is 16.9 Å². The molecule has 0 fully saturated rings. The predicted molar refractivity (Wildman–Crippen MR) is 132 cm³/mol. The summed E-state index contributed by atoms with van der Waals surface area (Å²) in [5, 5.41) is 5.77. The zero-order valence-electron chi connectivity index (χ0n) is 18.8. The topological polar surface area (TPSA) is 92.3 Å². The van der Waals surface area contributed by atoms with Crippen LogP contribution >= 0.6 is 11.6 Å². The molecule has 0 unspecified atom stereocenters. The zero-order chi connectivity index (χ0) is 24.4. The van der Waals surface area contributed by atoms with Gasteiger partial charge in [0.1, 0.15) is 0 Å². The summed E-state index contributed by atoms with van der Waals surface area (Å²) in [6, 6.07) is 18.3. The second-order valence-electron chi connectivity index (χ2n) is 8.39. The molecule has 33 heavy (non-hydrogen) atoms. The first-order valence-electron chi connectivity index (χ1n) is 10.2. The van der Waals surface area contributed by atoms with Gasteiger partial charge in [-0.25, -0.2) is 8.42 Å². The number of sulfone groups is 1. The summed E-state index contributed by atoms with van der Waals surface area (Å²) in [5.41, 5.74) is 2.24. The summed E-state index contributed by atoms with van der Waals surface area (Å²) < 4.78 is 23.5. The van der Waals surface area contributed by atoms with Gasteiger partial charge in [0.05, 0.1) is 21.0 Å². The molecule has 6 nitrogen and oxygen atoms in total. The Morgan fingerprint density at radius 1 is 0.909 bits per heavy atom. The van der Waals surface area contributed by atoms with Crippen molar-refractivity contribution >= 4 is 44.6 Å². The van der Waals surface area contributed by atoms with Crippen molar-refractivity contribution in [1.82, 2.24) is 0 Å². The van der Waals surface area contributed by atoms with Gasteiger partial charge >= 0.3 is 0 Å². The highest BCUT2D eigenvalue weighted by Gasteiger charge is 2.29. The highest BCUT2D eigenvalue weighted by molar-refractivity contribution is 7.90. The molecule has 2 amide bonds. The molecule has 0 aromatic heterocycles. The molecule has 0 radical (unpaired) electrons. The highest BCUT2D eigenvalue weighted by Crippen LogP contribution is 2.29. The van der Waals surface area contributed by atoms with Crippen LogP contribution in [0.3, 0.4) is 0 Å². The number of carbonyl (C=O) groups excluding carboxylic acids is 2. The van der Waals surface area contributed by atoms with E-state index in [1.54, 1.807) is 18.2 Å². The first kappa shape index (κ1) is 24.5. The Kier molecular flexibility index (Phi) is 6.95. The van der Waals surface area contributed by atoms with E-state index < -0.39 is 21.2 Å². The summed E-state index contributed by atoms with van der Waals surface area (Å²) in [6.45, 7) is 5.67. The molecule has 172 valence electrons. The molecular formula is C25H25ClN2O4S. The molecule has 0 atom stereocenters. The highest BCUT2D eigenvalue weighted by atomic mass is 35.5. The second-order valence-corrected chi connectivity index (χ2v) is 10.8. The predicted octanol–water partition coefficient (Wildman–Crippen LogP) is 5.22. The number of halogens is 1. The lowest BCUT2D eigenvalue weighted by molar-refractivity contribution is -0.120. The Bertz CT molecular complexity index is 1320. The van der Waals surface area contributed by atoms with Gasteiger partial charge in [-0.3, -0.25) is 9.59 Å². The Morgan fingerprint density at radius 3 is 2.18 bits per heavy atom. The van der Waals surface area contributed by atoms with Crippen LogP contribution in [0.2, 0.25) is 5.02 Å². The SMILES string of the molecule is Cc1ccc(C(C)(C)C(=O)Nc2ccc(NC(=O)c3cccc(S(C)(=O)=O)c3)c(Cl)c2)cc1. The second kappa shape index (κ2) is 9.37. The van der Waals surface area contributed by atoms with Gasteiger partial charge in [0.15, 0.2) is 9.84 Å². The molecule has 0 aliphatic heterocycles. The number of anilines is 2. The molecule has 0 saturated carbocycles. The fraction of sp³-hybridized carbons (Fsp3) is 0.200. The summed E-state index contributed by atoms with van der Waals surface area (Å²) in [6.07, 6.45) is 1.08. The van der Waals surface area contributed by atoms with Crippen LogP contribution in [-0.2, 0) is 20.0 Å². The maximum atomic E-state index is 12.9. The number of hydrogen-bond donors (Lipinski definition) is 2. The number of aryl methyl sites for hydroxylation is 1. The third-order valence-electron chi connectivity index (χ3n) is 5.34. The van der Waals surface area contributed by atoms with E-state index in [1.165, 1.54) is 24.3 Å². The molecule has 3 aromatic rings. The van der Waals surface area contributed by atoms with E-state index in [-0.39, 0.29) is 21.4 Å². The van der Waals surface area contributed by atoms with Crippen molar-refractivity contribution in [3.63, 3.8) is 0 Å². The van der Waals surface area contributed by atoms with Gasteiger partial charge in [-0.15, -0.1) is 0 Å². The molecule has 0 aliphatic carbocycles. The number of rotatable bonds is 6. The van der Waals surface area contributed by atoms with Gasteiger partial charge in [0.25, 0.3) is 5.91 Å². The lowest BCUT2D eigenvalue weighted by Crippen LogP contribution is -2.34. The van der Waals surface area contributed by atoms with Crippen LogP contribution in [0.5, 0.6) is 0 Å². The molecule has 0 heterocycles. The van der Waals surface area contributed by atoms with E-state index in [2.05, 4.69) is 10.6 Å². The molecule has 0 saturated heterocycles. The number of benzene rings is 3. The van der Waals surface area contributed by atoms with Crippen molar-refractivity contribution < 1.29 is 18.0 Å². The van der Waals surface area contributed by atoms with Gasteiger partial charge in [-0.1, -0.05) is 47.5 Å². The van der Waals surface area contributed by atoms with Gasteiger partial charge in [-0.05, 0) is 62.7 Å². The molecule has 3 rings (SSSR count). The number of hydrogen-bond acceptors (Lipinski definition) is 4. The Morgan fingerprint density at radius 2 is 1.58 bits per heavy atom. The van der Waals surface area contributed by atoms with E-state index in [0.29, 0.717) is 11.4 Å². The van der Waals surface area contributed by atoms with E-state index >= 15 is 0 Å². The normalized spacial score (nSPS) is 11.7. The number of nitrogens with one attached hydrogen (secondary N) is 2. The van der Waals surface area contributed by atoms with Crippen LogP contribution in [0, 0.1) is 6.92 Å². The molecule has 0 bridgehead atoms. The minimum Gasteiger partial charge on any atom is -0.325 e. The van der Waals surface area contributed by atoms with Crippen LogP contribution in [0.25, 0.3) is 0 Å². The fourth-order valence-corrected chi connectivity index (χ4v) is 4.04. The molecule has 8 heteroatoms. The molecule has 2 N–H and O–H groups in total. The largest absolute Gasteiger partial charge is 0.325 e. The Balaban J connectivity index is 1.74. The molecule has 0 spiro atoms. The quantitative estimate of drug-likeness (QED) is 0.501. The molecular weight excluding hydrogens is 460 g/mol. The van der Waals surface area contributed by atoms with Crippen molar-refractivity contribution in [3.8, 4) is 0 Å².